The zero-order valence-corrected chi connectivity index (χ0v) is 11.7. The molecule has 3 heteroatoms. The van der Waals surface area contributed by atoms with Gasteiger partial charge in [0.05, 0.1) is 5.41 Å². The molecule has 0 unspecified atom stereocenters. The van der Waals surface area contributed by atoms with E-state index in [1.807, 2.05) is 18.2 Å². The van der Waals surface area contributed by atoms with Crippen LogP contribution in [0.3, 0.4) is 0 Å². The normalized spacial score (nSPS) is 18.2. The van der Waals surface area contributed by atoms with Crippen LogP contribution in [0.5, 0.6) is 0 Å². The van der Waals surface area contributed by atoms with E-state index in [0.717, 1.165) is 31.2 Å². The fourth-order valence-corrected chi connectivity index (χ4v) is 2.75. The summed E-state index contributed by atoms with van der Waals surface area (Å²) in [5.41, 5.74) is 7.52. The third kappa shape index (κ3) is 3.04. The Bertz CT molecular complexity index is 436. The van der Waals surface area contributed by atoms with Gasteiger partial charge < -0.3 is 10.5 Å². The average Bonchev–Trinajstić information content (AvgIpc) is 2.48. The van der Waals surface area contributed by atoms with Crippen molar-refractivity contribution in [2.45, 2.75) is 32.6 Å². The lowest BCUT2D eigenvalue weighted by Crippen LogP contribution is -2.43. The van der Waals surface area contributed by atoms with E-state index in [4.69, 9.17) is 10.5 Å². The molecule has 0 spiro atoms. The SMILES string of the molecule is CCCc1cccc(C(=O)C2(CN)CCOCC2)c1. The lowest BCUT2D eigenvalue weighted by molar-refractivity contribution is 0.0200. The van der Waals surface area contributed by atoms with Crippen molar-refractivity contribution in [3.05, 3.63) is 35.4 Å². The zero-order chi connectivity index (χ0) is 13.7. The lowest BCUT2D eigenvalue weighted by atomic mass is 9.74. The number of benzene rings is 1. The number of rotatable bonds is 5. The molecule has 2 rings (SSSR count). The number of aryl methyl sites for hydroxylation is 1. The molecule has 1 saturated heterocycles. The summed E-state index contributed by atoms with van der Waals surface area (Å²) in [4.78, 5) is 12.8. The maximum Gasteiger partial charge on any atom is 0.170 e. The van der Waals surface area contributed by atoms with E-state index in [0.29, 0.717) is 19.8 Å². The third-order valence-corrected chi connectivity index (χ3v) is 4.05. The van der Waals surface area contributed by atoms with Gasteiger partial charge in [0.25, 0.3) is 0 Å². The molecule has 0 amide bonds. The van der Waals surface area contributed by atoms with E-state index in [9.17, 15) is 4.79 Å². The number of Topliss-reactive ketones (excluding diaryl/α,β-unsaturated/α-hetero) is 1. The fraction of sp³-hybridized carbons (Fsp3) is 0.562. The van der Waals surface area contributed by atoms with Crippen LogP contribution in [0, 0.1) is 5.41 Å². The van der Waals surface area contributed by atoms with Crippen LogP contribution >= 0.6 is 0 Å². The van der Waals surface area contributed by atoms with Crippen LogP contribution < -0.4 is 5.73 Å². The summed E-state index contributed by atoms with van der Waals surface area (Å²) in [5, 5.41) is 0. The second-order valence-corrected chi connectivity index (χ2v) is 5.38. The molecule has 1 fully saturated rings. The van der Waals surface area contributed by atoms with Crippen molar-refractivity contribution in [1.29, 1.82) is 0 Å². The van der Waals surface area contributed by atoms with Gasteiger partial charge in [-0.15, -0.1) is 0 Å². The molecule has 0 radical (unpaired) electrons. The van der Waals surface area contributed by atoms with Gasteiger partial charge in [-0.2, -0.15) is 0 Å². The third-order valence-electron chi connectivity index (χ3n) is 4.05. The molecule has 0 aromatic heterocycles. The standard InChI is InChI=1S/C16H23NO2/c1-2-4-13-5-3-6-14(11-13)15(18)16(12-17)7-9-19-10-8-16/h3,5-6,11H,2,4,7-10,12,17H2,1H3. The van der Waals surface area contributed by atoms with Crippen LogP contribution in [0.1, 0.15) is 42.1 Å². The second kappa shape index (κ2) is 6.31. The van der Waals surface area contributed by atoms with Crippen molar-refractivity contribution >= 4 is 5.78 Å². The molecule has 2 N–H and O–H groups in total. The Morgan fingerprint density at radius 1 is 1.37 bits per heavy atom. The first kappa shape index (κ1) is 14.2. The summed E-state index contributed by atoms with van der Waals surface area (Å²) in [6, 6.07) is 7.99. The van der Waals surface area contributed by atoms with E-state index >= 15 is 0 Å². The first-order valence-corrected chi connectivity index (χ1v) is 7.13. The molecule has 1 aliphatic heterocycles. The summed E-state index contributed by atoms with van der Waals surface area (Å²) in [6.45, 7) is 3.83. The highest BCUT2D eigenvalue weighted by Crippen LogP contribution is 2.33. The number of nitrogens with two attached hydrogens (primary N) is 1. The molecule has 0 atom stereocenters. The van der Waals surface area contributed by atoms with Gasteiger partial charge >= 0.3 is 0 Å². The monoisotopic (exact) mass is 261 g/mol. The summed E-state index contributed by atoms with van der Waals surface area (Å²) < 4.78 is 5.37. The number of hydrogen-bond acceptors (Lipinski definition) is 3. The number of hydrogen-bond donors (Lipinski definition) is 1. The van der Waals surface area contributed by atoms with E-state index in [-0.39, 0.29) is 5.78 Å². The maximum absolute atomic E-state index is 12.8. The summed E-state index contributed by atoms with van der Waals surface area (Å²) in [7, 11) is 0. The Labute approximate surface area is 115 Å². The minimum atomic E-state index is -0.414. The Morgan fingerprint density at radius 2 is 2.11 bits per heavy atom. The Kier molecular flexibility index (Phi) is 4.72. The number of carbonyl (C=O) groups is 1. The van der Waals surface area contributed by atoms with Crippen molar-refractivity contribution in [1.82, 2.24) is 0 Å². The Morgan fingerprint density at radius 3 is 2.74 bits per heavy atom. The van der Waals surface area contributed by atoms with Gasteiger partial charge in [-0.1, -0.05) is 31.5 Å². The smallest absolute Gasteiger partial charge is 0.170 e. The molecule has 0 saturated carbocycles. The van der Waals surface area contributed by atoms with Gasteiger partial charge in [0.2, 0.25) is 0 Å². The molecular weight excluding hydrogens is 238 g/mol. The molecule has 0 aliphatic carbocycles. The van der Waals surface area contributed by atoms with E-state index in [1.54, 1.807) is 0 Å². The predicted molar refractivity (Wildman–Crippen MR) is 76.3 cm³/mol. The van der Waals surface area contributed by atoms with Crippen molar-refractivity contribution in [2.75, 3.05) is 19.8 Å². The molecule has 104 valence electrons. The van der Waals surface area contributed by atoms with Gasteiger partial charge in [0.15, 0.2) is 5.78 Å². The van der Waals surface area contributed by atoms with Crippen molar-refractivity contribution < 1.29 is 9.53 Å². The molecule has 19 heavy (non-hydrogen) atoms. The first-order chi connectivity index (χ1) is 9.22. The van der Waals surface area contributed by atoms with Crippen LogP contribution in [0.4, 0.5) is 0 Å². The van der Waals surface area contributed by atoms with E-state index < -0.39 is 5.41 Å². The molecule has 1 aromatic carbocycles. The Balaban J connectivity index is 2.24. The van der Waals surface area contributed by atoms with Gasteiger partial charge in [-0.05, 0) is 30.9 Å². The summed E-state index contributed by atoms with van der Waals surface area (Å²) in [5.74, 6) is 0.191. The summed E-state index contributed by atoms with van der Waals surface area (Å²) >= 11 is 0. The van der Waals surface area contributed by atoms with Crippen molar-refractivity contribution in [2.24, 2.45) is 11.1 Å². The van der Waals surface area contributed by atoms with Crippen LogP contribution in [-0.4, -0.2) is 25.5 Å². The molecule has 0 bridgehead atoms. The Hall–Kier alpha value is -1.19. The van der Waals surface area contributed by atoms with Crippen LogP contribution in [0.2, 0.25) is 0 Å². The maximum atomic E-state index is 12.8. The molecular formula is C16H23NO2. The molecule has 3 nitrogen and oxygen atoms in total. The zero-order valence-electron chi connectivity index (χ0n) is 11.7. The second-order valence-electron chi connectivity index (χ2n) is 5.38. The topological polar surface area (TPSA) is 52.3 Å². The highest BCUT2D eigenvalue weighted by molar-refractivity contribution is 6.01. The largest absolute Gasteiger partial charge is 0.381 e. The van der Waals surface area contributed by atoms with Crippen LogP contribution in [0.15, 0.2) is 24.3 Å². The van der Waals surface area contributed by atoms with Crippen LogP contribution in [-0.2, 0) is 11.2 Å². The quantitative estimate of drug-likeness (QED) is 0.829. The summed E-state index contributed by atoms with van der Waals surface area (Å²) in [6.07, 6.45) is 3.58. The van der Waals surface area contributed by atoms with Gasteiger partial charge in [0, 0.05) is 25.3 Å². The fourth-order valence-electron chi connectivity index (χ4n) is 2.75. The number of carbonyl (C=O) groups excluding carboxylic acids is 1. The van der Waals surface area contributed by atoms with Crippen LogP contribution in [0.25, 0.3) is 0 Å². The van der Waals surface area contributed by atoms with E-state index in [1.165, 1.54) is 5.56 Å². The molecule has 1 heterocycles. The minimum absolute atomic E-state index is 0.191. The van der Waals surface area contributed by atoms with Crippen molar-refractivity contribution in [3.63, 3.8) is 0 Å². The van der Waals surface area contributed by atoms with Gasteiger partial charge in [0.1, 0.15) is 0 Å². The molecule has 1 aromatic rings. The van der Waals surface area contributed by atoms with Crippen molar-refractivity contribution in [3.8, 4) is 0 Å². The lowest BCUT2D eigenvalue weighted by Gasteiger charge is -2.34. The predicted octanol–water partition coefficient (Wildman–Crippen LogP) is 2.58. The highest BCUT2D eigenvalue weighted by Gasteiger charge is 2.39. The average molecular weight is 261 g/mol. The number of ether oxygens (including phenoxy) is 1. The first-order valence-electron chi connectivity index (χ1n) is 7.13. The van der Waals surface area contributed by atoms with E-state index in [2.05, 4.69) is 13.0 Å². The van der Waals surface area contributed by atoms with Gasteiger partial charge in [-0.3, -0.25) is 4.79 Å². The number of ketones is 1. The molecule has 1 aliphatic rings. The van der Waals surface area contributed by atoms with Gasteiger partial charge in [-0.25, -0.2) is 0 Å². The minimum Gasteiger partial charge on any atom is -0.381 e. The highest BCUT2D eigenvalue weighted by atomic mass is 16.5.